The van der Waals surface area contributed by atoms with Gasteiger partial charge in [-0.2, -0.15) is 0 Å². The van der Waals surface area contributed by atoms with Crippen LogP contribution in [-0.4, -0.2) is 11.1 Å². The molecule has 3 aromatic carbocycles. The van der Waals surface area contributed by atoms with E-state index in [1.165, 1.54) is 24.3 Å². The number of hydrogen-bond donors (Lipinski definition) is 1. The predicted molar refractivity (Wildman–Crippen MR) is 121 cm³/mol. The van der Waals surface area contributed by atoms with Crippen molar-refractivity contribution in [3.05, 3.63) is 101 Å². The number of allylic oxidation sites excluding steroid dienone is 2. The number of halogens is 2. The second-order valence-corrected chi connectivity index (χ2v) is 7.65. The molecular formula is C27H22F2O3. The lowest BCUT2D eigenvalue weighted by Crippen LogP contribution is -1.98. The molecule has 0 aromatic heterocycles. The van der Waals surface area contributed by atoms with Gasteiger partial charge in [0, 0.05) is 0 Å². The third-order valence-electron chi connectivity index (χ3n) is 5.35. The van der Waals surface area contributed by atoms with Gasteiger partial charge in [0.1, 0.15) is 23.1 Å². The molecule has 0 atom stereocenters. The van der Waals surface area contributed by atoms with Gasteiger partial charge in [0.2, 0.25) is 0 Å². The molecule has 32 heavy (non-hydrogen) atoms. The van der Waals surface area contributed by atoms with Crippen molar-refractivity contribution in [3.63, 3.8) is 0 Å². The fourth-order valence-corrected chi connectivity index (χ4v) is 3.98. The molecule has 5 heteroatoms. The maximum atomic E-state index is 14.0. The van der Waals surface area contributed by atoms with Crippen molar-refractivity contribution in [1.29, 1.82) is 0 Å². The molecule has 1 aliphatic rings. The van der Waals surface area contributed by atoms with Gasteiger partial charge in [0.05, 0.1) is 6.42 Å². The van der Waals surface area contributed by atoms with E-state index in [1.807, 2.05) is 37.3 Å². The molecule has 4 rings (SSSR count). The smallest absolute Gasteiger partial charge is 0.307 e. The van der Waals surface area contributed by atoms with E-state index in [2.05, 4.69) is 0 Å². The van der Waals surface area contributed by atoms with E-state index in [4.69, 9.17) is 4.74 Å². The Morgan fingerprint density at radius 3 is 2.12 bits per heavy atom. The number of carboxylic acids is 1. The number of ether oxygens (including phenoxy) is 1. The predicted octanol–water partition coefficient (Wildman–Crippen LogP) is 7.34. The number of carbonyl (C=O) groups is 1. The standard InChI is InChI=1S/C27H22F2O3/c1-2-3-22-24(23-13-8-19(29)15-25(23)26(22)16-27(30)31)14-17-4-9-20(10-5-17)32-21-11-6-18(28)7-12-21/h4-15H,2-3,16H2,1H3,(H,30,31)/b24-14-. The van der Waals surface area contributed by atoms with Crippen LogP contribution in [0, 0.1) is 11.6 Å². The van der Waals surface area contributed by atoms with E-state index in [1.54, 1.807) is 18.2 Å². The van der Waals surface area contributed by atoms with Crippen molar-refractivity contribution in [2.24, 2.45) is 0 Å². The van der Waals surface area contributed by atoms with Crippen LogP contribution in [0.2, 0.25) is 0 Å². The van der Waals surface area contributed by atoms with Crippen molar-refractivity contribution < 1.29 is 23.4 Å². The highest BCUT2D eigenvalue weighted by Gasteiger charge is 2.27. The Morgan fingerprint density at radius 2 is 1.50 bits per heavy atom. The van der Waals surface area contributed by atoms with Crippen LogP contribution in [0.5, 0.6) is 11.5 Å². The van der Waals surface area contributed by atoms with E-state index in [0.717, 1.165) is 28.7 Å². The SMILES string of the molecule is CCCC1=C(CC(=O)O)c2cc(F)ccc2/C1=C\c1ccc(Oc2ccc(F)cc2)cc1. The molecule has 162 valence electrons. The van der Waals surface area contributed by atoms with Crippen LogP contribution < -0.4 is 4.74 Å². The zero-order valence-electron chi connectivity index (χ0n) is 17.6. The van der Waals surface area contributed by atoms with E-state index in [9.17, 15) is 18.7 Å². The molecule has 1 N–H and O–H groups in total. The normalized spacial score (nSPS) is 14.0. The van der Waals surface area contributed by atoms with Gasteiger partial charge in [0.15, 0.2) is 0 Å². The van der Waals surface area contributed by atoms with Crippen LogP contribution in [0.15, 0.2) is 72.3 Å². The van der Waals surface area contributed by atoms with Crippen molar-refractivity contribution in [1.82, 2.24) is 0 Å². The molecule has 0 bridgehead atoms. The minimum absolute atomic E-state index is 0.145. The summed E-state index contributed by atoms with van der Waals surface area (Å²) in [7, 11) is 0. The average molecular weight is 432 g/mol. The van der Waals surface area contributed by atoms with E-state index in [-0.39, 0.29) is 18.1 Å². The molecule has 3 aromatic rings. The van der Waals surface area contributed by atoms with Gasteiger partial charge in [0.25, 0.3) is 0 Å². The summed E-state index contributed by atoms with van der Waals surface area (Å²) in [6.07, 6.45) is 3.40. The minimum Gasteiger partial charge on any atom is -0.481 e. The van der Waals surface area contributed by atoms with Gasteiger partial charge in [-0.15, -0.1) is 0 Å². The average Bonchev–Trinajstić information content (AvgIpc) is 3.03. The first-order valence-electron chi connectivity index (χ1n) is 10.4. The molecule has 0 saturated heterocycles. The van der Waals surface area contributed by atoms with E-state index < -0.39 is 5.97 Å². The number of hydrogen-bond acceptors (Lipinski definition) is 2. The third kappa shape index (κ3) is 4.62. The zero-order valence-corrected chi connectivity index (χ0v) is 17.6. The maximum absolute atomic E-state index is 14.0. The Kier molecular flexibility index (Phi) is 6.17. The van der Waals surface area contributed by atoms with Crippen LogP contribution in [-0.2, 0) is 4.79 Å². The van der Waals surface area contributed by atoms with E-state index >= 15 is 0 Å². The Balaban J connectivity index is 1.69. The van der Waals surface area contributed by atoms with Gasteiger partial charge in [-0.3, -0.25) is 4.79 Å². The molecule has 0 radical (unpaired) electrons. The van der Waals surface area contributed by atoms with Gasteiger partial charge >= 0.3 is 5.97 Å². The van der Waals surface area contributed by atoms with Crippen molar-refractivity contribution >= 4 is 23.2 Å². The molecule has 0 amide bonds. The summed E-state index contributed by atoms with van der Waals surface area (Å²) in [4.78, 5) is 11.5. The molecule has 3 nitrogen and oxygen atoms in total. The quantitative estimate of drug-likeness (QED) is 0.425. The number of carboxylic acid groups (broad SMARTS) is 1. The summed E-state index contributed by atoms with van der Waals surface area (Å²) in [6, 6.07) is 17.8. The van der Waals surface area contributed by atoms with Gasteiger partial charge in [-0.1, -0.05) is 31.5 Å². The van der Waals surface area contributed by atoms with Crippen LogP contribution in [0.3, 0.4) is 0 Å². The molecule has 1 aliphatic carbocycles. The van der Waals surface area contributed by atoms with Crippen LogP contribution in [0.25, 0.3) is 17.2 Å². The van der Waals surface area contributed by atoms with Crippen LogP contribution >= 0.6 is 0 Å². The van der Waals surface area contributed by atoms with Gasteiger partial charge in [-0.05, 0) is 94.4 Å². The second-order valence-electron chi connectivity index (χ2n) is 7.65. The van der Waals surface area contributed by atoms with Crippen LogP contribution in [0.4, 0.5) is 8.78 Å². The number of benzene rings is 3. The van der Waals surface area contributed by atoms with Crippen molar-refractivity contribution in [2.75, 3.05) is 0 Å². The first kappa shape index (κ1) is 21.5. The van der Waals surface area contributed by atoms with E-state index in [0.29, 0.717) is 29.1 Å². The highest BCUT2D eigenvalue weighted by molar-refractivity contribution is 6.07. The minimum atomic E-state index is -0.938. The van der Waals surface area contributed by atoms with Gasteiger partial charge in [-0.25, -0.2) is 8.78 Å². The number of rotatable bonds is 7. The lowest BCUT2D eigenvalue weighted by atomic mass is 9.96. The molecule has 0 fully saturated rings. The van der Waals surface area contributed by atoms with Crippen molar-refractivity contribution in [3.8, 4) is 11.5 Å². The molecule has 0 spiro atoms. The second kappa shape index (κ2) is 9.18. The Hall–Kier alpha value is -3.73. The first-order chi connectivity index (χ1) is 15.4. The molecule has 0 heterocycles. The van der Waals surface area contributed by atoms with Gasteiger partial charge < -0.3 is 9.84 Å². The number of fused-ring (bicyclic) bond motifs is 1. The Morgan fingerprint density at radius 1 is 0.875 bits per heavy atom. The fraction of sp³-hybridized carbons (Fsp3) is 0.148. The summed E-state index contributed by atoms with van der Waals surface area (Å²) in [5.74, 6) is -0.494. The maximum Gasteiger partial charge on any atom is 0.307 e. The molecule has 0 saturated carbocycles. The summed E-state index contributed by atoms with van der Waals surface area (Å²) in [5, 5.41) is 9.42. The Labute approximate surface area is 185 Å². The summed E-state index contributed by atoms with van der Waals surface area (Å²) in [5.41, 5.74) is 4.95. The highest BCUT2D eigenvalue weighted by atomic mass is 19.1. The molecular weight excluding hydrogens is 410 g/mol. The number of aliphatic carboxylic acids is 1. The lowest BCUT2D eigenvalue weighted by Gasteiger charge is -2.09. The highest BCUT2D eigenvalue weighted by Crippen LogP contribution is 2.46. The molecule has 0 unspecified atom stereocenters. The third-order valence-corrected chi connectivity index (χ3v) is 5.35. The summed E-state index contributed by atoms with van der Waals surface area (Å²) < 4.78 is 32.8. The monoisotopic (exact) mass is 432 g/mol. The fourth-order valence-electron chi connectivity index (χ4n) is 3.98. The Bertz CT molecular complexity index is 1210. The largest absolute Gasteiger partial charge is 0.481 e. The van der Waals surface area contributed by atoms with Crippen molar-refractivity contribution in [2.45, 2.75) is 26.2 Å². The lowest BCUT2D eigenvalue weighted by molar-refractivity contribution is -0.135. The molecule has 0 aliphatic heterocycles. The summed E-state index contributed by atoms with van der Waals surface area (Å²) in [6.45, 7) is 2.04. The zero-order chi connectivity index (χ0) is 22.7. The van der Waals surface area contributed by atoms with Crippen LogP contribution in [0.1, 0.15) is 42.9 Å². The summed E-state index contributed by atoms with van der Waals surface area (Å²) >= 11 is 0. The first-order valence-corrected chi connectivity index (χ1v) is 10.4. The topological polar surface area (TPSA) is 46.5 Å².